The van der Waals surface area contributed by atoms with Crippen LogP contribution in [0.2, 0.25) is 5.02 Å². The van der Waals surface area contributed by atoms with Gasteiger partial charge in [-0.15, -0.1) is 0 Å². The van der Waals surface area contributed by atoms with Gasteiger partial charge in [0.2, 0.25) is 5.91 Å². The lowest BCUT2D eigenvalue weighted by atomic mass is 10.1. The standard InChI is InChI=1S/C15H14ClNO3S/c1-21(19,20)13-7-4-6-12(10-13)17-15(18)9-11-5-2-3-8-14(11)16/h2-8,10H,9H2,1H3,(H,17,18). The van der Waals surface area contributed by atoms with Crippen molar-refractivity contribution in [1.29, 1.82) is 0 Å². The number of halogens is 1. The largest absolute Gasteiger partial charge is 0.326 e. The van der Waals surface area contributed by atoms with Crippen LogP contribution in [0.15, 0.2) is 53.4 Å². The van der Waals surface area contributed by atoms with E-state index >= 15 is 0 Å². The van der Waals surface area contributed by atoms with E-state index in [9.17, 15) is 13.2 Å². The van der Waals surface area contributed by atoms with Gasteiger partial charge in [-0.1, -0.05) is 35.9 Å². The molecule has 0 bridgehead atoms. The number of benzene rings is 2. The van der Waals surface area contributed by atoms with Crippen LogP contribution >= 0.6 is 11.6 Å². The maximum Gasteiger partial charge on any atom is 0.228 e. The molecule has 6 heteroatoms. The lowest BCUT2D eigenvalue weighted by molar-refractivity contribution is -0.115. The van der Waals surface area contributed by atoms with Gasteiger partial charge < -0.3 is 5.32 Å². The molecule has 2 rings (SSSR count). The number of carbonyl (C=O) groups is 1. The first-order valence-corrected chi connectivity index (χ1v) is 8.46. The molecule has 1 N–H and O–H groups in total. The Labute approximate surface area is 128 Å². The number of anilines is 1. The molecule has 4 nitrogen and oxygen atoms in total. The fraction of sp³-hybridized carbons (Fsp3) is 0.133. The molecule has 0 spiro atoms. The van der Waals surface area contributed by atoms with E-state index in [0.717, 1.165) is 11.8 Å². The van der Waals surface area contributed by atoms with Crippen LogP contribution in [0.5, 0.6) is 0 Å². The van der Waals surface area contributed by atoms with Gasteiger partial charge in [-0.05, 0) is 29.8 Å². The fourth-order valence-electron chi connectivity index (χ4n) is 1.82. The van der Waals surface area contributed by atoms with Crippen molar-refractivity contribution in [3.63, 3.8) is 0 Å². The molecule has 110 valence electrons. The predicted molar refractivity (Wildman–Crippen MR) is 83.3 cm³/mol. The van der Waals surface area contributed by atoms with E-state index < -0.39 is 9.84 Å². The summed E-state index contributed by atoms with van der Waals surface area (Å²) in [4.78, 5) is 12.1. The zero-order chi connectivity index (χ0) is 15.5. The van der Waals surface area contributed by atoms with Crippen LogP contribution in [0.1, 0.15) is 5.56 Å². The van der Waals surface area contributed by atoms with E-state index in [1.165, 1.54) is 12.1 Å². The first kappa shape index (κ1) is 15.5. The average molecular weight is 324 g/mol. The Kier molecular flexibility index (Phi) is 4.65. The summed E-state index contributed by atoms with van der Waals surface area (Å²) in [5.41, 5.74) is 1.16. The molecule has 0 aliphatic carbocycles. The van der Waals surface area contributed by atoms with Gasteiger partial charge in [0.05, 0.1) is 11.3 Å². The van der Waals surface area contributed by atoms with Gasteiger partial charge in [0.1, 0.15) is 0 Å². The highest BCUT2D eigenvalue weighted by atomic mass is 35.5. The maximum atomic E-state index is 12.0. The summed E-state index contributed by atoms with van der Waals surface area (Å²) in [5.74, 6) is -0.256. The summed E-state index contributed by atoms with van der Waals surface area (Å²) in [6.45, 7) is 0. The van der Waals surface area contributed by atoms with Gasteiger partial charge in [-0.2, -0.15) is 0 Å². The Morgan fingerprint density at radius 3 is 2.52 bits per heavy atom. The zero-order valence-electron chi connectivity index (χ0n) is 11.3. The van der Waals surface area contributed by atoms with Crippen molar-refractivity contribution in [3.05, 3.63) is 59.1 Å². The van der Waals surface area contributed by atoms with Crippen LogP contribution < -0.4 is 5.32 Å². The van der Waals surface area contributed by atoms with Crippen molar-refractivity contribution in [2.45, 2.75) is 11.3 Å². The van der Waals surface area contributed by atoms with Gasteiger partial charge >= 0.3 is 0 Å². The SMILES string of the molecule is CS(=O)(=O)c1cccc(NC(=O)Cc2ccccc2Cl)c1. The van der Waals surface area contributed by atoms with Gasteiger partial charge in [0.15, 0.2) is 9.84 Å². The van der Waals surface area contributed by atoms with Gasteiger partial charge in [-0.25, -0.2) is 8.42 Å². The molecule has 2 aromatic rings. The molecule has 0 aromatic heterocycles. The van der Waals surface area contributed by atoms with Crippen LogP contribution in [0.4, 0.5) is 5.69 Å². The van der Waals surface area contributed by atoms with Crippen LogP contribution in [0.25, 0.3) is 0 Å². The Hall–Kier alpha value is -1.85. The average Bonchev–Trinajstić information content (AvgIpc) is 2.41. The smallest absolute Gasteiger partial charge is 0.228 e. The lowest BCUT2D eigenvalue weighted by Crippen LogP contribution is -2.15. The maximum absolute atomic E-state index is 12.0. The number of sulfone groups is 1. The molecule has 0 fully saturated rings. The molecule has 0 heterocycles. The van der Waals surface area contributed by atoms with E-state index in [0.29, 0.717) is 10.7 Å². The van der Waals surface area contributed by atoms with E-state index in [1.807, 2.05) is 0 Å². The third kappa shape index (κ3) is 4.31. The summed E-state index contributed by atoms with van der Waals surface area (Å²) in [6, 6.07) is 13.2. The predicted octanol–water partition coefficient (Wildman–Crippen LogP) is 2.92. The summed E-state index contributed by atoms with van der Waals surface area (Å²) in [7, 11) is -3.30. The minimum atomic E-state index is -3.30. The normalized spacial score (nSPS) is 11.1. The highest BCUT2D eigenvalue weighted by Gasteiger charge is 2.10. The van der Waals surface area contributed by atoms with E-state index in [-0.39, 0.29) is 17.2 Å². The van der Waals surface area contributed by atoms with E-state index in [4.69, 9.17) is 11.6 Å². The lowest BCUT2D eigenvalue weighted by Gasteiger charge is -2.07. The van der Waals surface area contributed by atoms with Crippen molar-refractivity contribution in [2.24, 2.45) is 0 Å². The van der Waals surface area contributed by atoms with Gasteiger partial charge in [0.25, 0.3) is 0 Å². The molecule has 0 unspecified atom stereocenters. The second-order valence-electron chi connectivity index (χ2n) is 4.62. The number of hydrogen-bond acceptors (Lipinski definition) is 3. The molecule has 0 aliphatic heterocycles. The van der Waals surface area contributed by atoms with E-state index in [1.54, 1.807) is 36.4 Å². The number of hydrogen-bond donors (Lipinski definition) is 1. The summed E-state index contributed by atoms with van der Waals surface area (Å²) in [6.07, 6.45) is 1.25. The molecule has 0 saturated carbocycles. The van der Waals surface area contributed by atoms with Crippen molar-refractivity contribution in [1.82, 2.24) is 0 Å². The van der Waals surface area contributed by atoms with E-state index in [2.05, 4.69) is 5.32 Å². The molecular weight excluding hydrogens is 310 g/mol. The Morgan fingerprint density at radius 1 is 1.14 bits per heavy atom. The zero-order valence-corrected chi connectivity index (χ0v) is 12.9. The number of nitrogens with one attached hydrogen (secondary N) is 1. The van der Waals surface area contributed by atoms with Crippen molar-refractivity contribution >= 4 is 33.0 Å². The van der Waals surface area contributed by atoms with Gasteiger partial charge in [0, 0.05) is 17.0 Å². The van der Waals surface area contributed by atoms with Crippen LogP contribution in [-0.2, 0) is 21.1 Å². The highest BCUT2D eigenvalue weighted by Crippen LogP contribution is 2.18. The molecule has 2 aromatic carbocycles. The van der Waals surface area contributed by atoms with Crippen LogP contribution in [0, 0.1) is 0 Å². The second-order valence-corrected chi connectivity index (χ2v) is 7.04. The van der Waals surface area contributed by atoms with Crippen molar-refractivity contribution < 1.29 is 13.2 Å². The Morgan fingerprint density at radius 2 is 1.86 bits per heavy atom. The number of amides is 1. The first-order valence-electron chi connectivity index (χ1n) is 6.19. The monoisotopic (exact) mass is 323 g/mol. The fourth-order valence-corrected chi connectivity index (χ4v) is 2.69. The Balaban J connectivity index is 2.12. The third-order valence-electron chi connectivity index (χ3n) is 2.85. The molecular formula is C15H14ClNO3S. The van der Waals surface area contributed by atoms with Crippen LogP contribution in [-0.4, -0.2) is 20.6 Å². The number of carbonyl (C=O) groups excluding carboxylic acids is 1. The molecule has 0 atom stereocenters. The molecule has 0 aliphatic rings. The topological polar surface area (TPSA) is 63.2 Å². The van der Waals surface area contributed by atoms with Crippen LogP contribution in [0.3, 0.4) is 0 Å². The summed E-state index contributed by atoms with van der Waals surface area (Å²) >= 11 is 6.00. The molecule has 0 saturated heterocycles. The number of rotatable bonds is 4. The quantitative estimate of drug-likeness (QED) is 0.941. The summed E-state index contributed by atoms with van der Waals surface area (Å²) in [5, 5.41) is 3.19. The Bertz CT molecular complexity index is 772. The molecule has 21 heavy (non-hydrogen) atoms. The van der Waals surface area contributed by atoms with Crippen molar-refractivity contribution in [2.75, 3.05) is 11.6 Å². The highest BCUT2D eigenvalue weighted by molar-refractivity contribution is 7.90. The molecule has 1 amide bonds. The van der Waals surface area contributed by atoms with Crippen molar-refractivity contribution in [3.8, 4) is 0 Å². The van der Waals surface area contributed by atoms with Gasteiger partial charge in [-0.3, -0.25) is 4.79 Å². The molecule has 0 radical (unpaired) electrons. The summed E-state index contributed by atoms with van der Waals surface area (Å²) < 4.78 is 23.0. The first-order chi connectivity index (χ1) is 9.86. The minimum Gasteiger partial charge on any atom is -0.326 e. The minimum absolute atomic E-state index is 0.128. The third-order valence-corrected chi connectivity index (χ3v) is 4.33. The second kappa shape index (κ2) is 6.28.